The zero-order chi connectivity index (χ0) is 12.7. The summed E-state index contributed by atoms with van der Waals surface area (Å²) in [6.07, 6.45) is 1.40. The molecule has 1 aromatic rings. The molecule has 0 aliphatic heterocycles. The highest BCUT2D eigenvalue weighted by Crippen LogP contribution is 2.22. The highest BCUT2D eigenvalue weighted by molar-refractivity contribution is 5.76. The predicted octanol–water partition coefficient (Wildman–Crippen LogP) is 2.98. The summed E-state index contributed by atoms with van der Waals surface area (Å²) in [5.74, 6) is -1.18. The van der Waals surface area contributed by atoms with Crippen molar-refractivity contribution in [2.45, 2.75) is 32.6 Å². The fraction of sp³-hybridized carbons (Fsp3) is 0.500. The SMILES string of the molecule is CCOCCCC(C(=O)O)c1ccc(C)cc1. The average Bonchev–Trinajstić information content (AvgIpc) is 2.30. The second-order valence-corrected chi connectivity index (χ2v) is 4.14. The first-order chi connectivity index (χ1) is 8.15. The Kier molecular flexibility index (Phi) is 5.70. The molecule has 0 saturated heterocycles. The van der Waals surface area contributed by atoms with Gasteiger partial charge in [0.15, 0.2) is 0 Å². The Labute approximate surface area is 102 Å². The minimum Gasteiger partial charge on any atom is -0.481 e. The molecule has 1 unspecified atom stereocenters. The van der Waals surface area contributed by atoms with Crippen LogP contribution in [0.1, 0.15) is 36.8 Å². The Morgan fingerprint density at radius 3 is 2.53 bits per heavy atom. The lowest BCUT2D eigenvalue weighted by Crippen LogP contribution is -2.12. The number of hydrogen-bond donors (Lipinski definition) is 1. The number of aryl methyl sites for hydroxylation is 1. The number of ether oxygens (including phenoxy) is 1. The normalized spacial score (nSPS) is 12.4. The molecule has 3 nitrogen and oxygen atoms in total. The van der Waals surface area contributed by atoms with Crippen LogP contribution in [-0.4, -0.2) is 24.3 Å². The van der Waals surface area contributed by atoms with Gasteiger partial charge in [0.05, 0.1) is 5.92 Å². The van der Waals surface area contributed by atoms with Crippen LogP contribution >= 0.6 is 0 Å². The van der Waals surface area contributed by atoms with Crippen molar-refractivity contribution < 1.29 is 14.6 Å². The van der Waals surface area contributed by atoms with Gasteiger partial charge < -0.3 is 9.84 Å². The summed E-state index contributed by atoms with van der Waals surface area (Å²) in [6.45, 7) is 5.25. The van der Waals surface area contributed by atoms with Crippen LogP contribution in [0.5, 0.6) is 0 Å². The molecule has 0 radical (unpaired) electrons. The van der Waals surface area contributed by atoms with E-state index in [2.05, 4.69) is 0 Å². The summed E-state index contributed by atoms with van der Waals surface area (Å²) in [4.78, 5) is 11.2. The van der Waals surface area contributed by atoms with E-state index < -0.39 is 11.9 Å². The molecular formula is C14H20O3. The first-order valence-corrected chi connectivity index (χ1v) is 6.02. The van der Waals surface area contributed by atoms with Gasteiger partial charge in [0.25, 0.3) is 0 Å². The molecule has 0 saturated carbocycles. The number of rotatable bonds is 7. The van der Waals surface area contributed by atoms with Crippen LogP contribution in [0.2, 0.25) is 0 Å². The molecule has 1 N–H and O–H groups in total. The molecule has 94 valence electrons. The van der Waals surface area contributed by atoms with Gasteiger partial charge >= 0.3 is 5.97 Å². The van der Waals surface area contributed by atoms with Crippen LogP contribution in [0.25, 0.3) is 0 Å². The van der Waals surface area contributed by atoms with Crippen molar-refractivity contribution in [3.8, 4) is 0 Å². The molecule has 17 heavy (non-hydrogen) atoms. The van der Waals surface area contributed by atoms with Crippen LogP contribution in [0, 0.1) is 6.92 Å². The van der Waals surface area contributed by atoms with Gasteiger partial charge in [-0.2, -0.15) is 0 Å². The molecule has 0 spiro atoms. The zero-order valence-corrected chi connectivity index (χ0v) is 10.5. The second kappa shape index (κ2) is 7.07. The highest BCUT2D eigenvalue weighted by atomic mass is 16.5. The van der Waals surface area contributed by atoms with Crippen LogP contribution < -0.4 is 0 Å². The van der Waals surface area contributed by atoms with Crippen LogP contribution in [0.4, 0.5) is 0 Å². The molecule has 1 aromatic carbocycles. The fourth-order valence-electron chi connectivity index (χ4n) is 1.77. The van der Waals surface area contributed by atoms with Gasteiger partial charge in [0.2, 0.25) is 0 Å². The Morgan fingerprint density at radius 1 is 1.35 bits per heavy atom. The number of carbonyl (C=O) groups is 1. The van der Waals surface area contributed by atoms with Crippen molar-refractivity contribution in [3.05, 3.63) is 35.4 Å². The third-order valence-electron chi connectivity index (χ3n) is 2.76. The predicted molar refractivity (Wildman–Crippen MR) is 67.3 cm³/mol. The van der Waals surface area contributed by atoms with Gasteiger partial charge in [0, 0.05) is 13.2 Å². The Bertz CT molecular complexity index is 343. The lowest BCUT2D eigenvalue weighted by Gasteiger charge is -2.12. The molecule has 0 heterocycles. The van der Waals surface area contributed by atoms with Crippen LogP contribution in [0.15, 0.2) is 24.3 Å². The van der Waals surface area contributed by atoms with E-state index in [1.165, 1.54) is 0 Å². The Hall–Kier alpha value is -1.35. The number of carboxylic acids is 1. The first kappa shape index (κ1) is 13.7. The molecule has 1 atom stereocenters. The van der Waals surface area contributed by atoms with E-state index in [0.717, 1.165) is 17.5 Å². The van der Waals surface area contributed by atoms with E-state index in [4.69, 9.17) is 4.74 Å². The maximum atomic E-state index is 11.2. The average molecular weight is 236 g/mol. The molecule has 0 aliphatic carbocycles. The largest absolute Gasteiger partial charge is 0.481 e. The third-order valence-corrected chi connectivity index (χ3v) is 2.76. The van der Waals surface area contributed by atoms with E-state index in [0.29, 0.717) is 19.6 Å². The van der Waals surface area contributed by atoms with Gasteiger partial charge in [-0.15, -0.1) is 0 Å². The zero-order valence-electron chi connectivity index (χ0n) is 10.5. The first-order valence-electron chi connectivity index (χ1n) is 6.02. The van der Waals surface area contributed by atoms with E-state index in [1.54, 1.807) is 0 Å². The minimum atomic E-state index is -0.759. The molecular weight excluding hydrogens is 216 g/mol. The summed E-state index contributed by atoms with van der Waals surface area (Å²) in [5, 5.41) is 9.21. The monoisotopic (exact) mass is 236 g/mol. The quantitative estimate of drug-likeness (QED) is 0.740. The van der Waals surface area contributed by atoms with Crippen molar-refractivity contribution in [1.29, 1.82) is 0 Å². The summed E-state index contributed by atoms with van der Waals surface area (Å²) in [7, 11) is 0. The molecule has 1 rings (SSSR count). The van der Waals surface area contributed by atoms with Gasteiger partial charge in [0.1, 0.15) is 0 Å². The Morgan fingerprint density at radius 2 is 2.00 bits per heavy atom. The van der Waals surface area contributed by atoms with E-state index in [9.17, 15) is 9.90 Å². The number of hydrogen-bond acceptors (Lipinski definition) is 2. The van der Waals surface area contributed by atoms with E-state index in [1.807, 2.05) is 38.1 Å². The summed E-state index contributed by atoms with van der Waals surface area (Å²) in [6, 6.07) is 7.70. The Balaban J connectivity index is 2.59. The van der Waals surface area contributed by atoms with Crippen molar-refractivity contribution >= 4 is 5.97 Å². The molecule has 0 aromatic heterocycles. The molecule has 0 amide bonds. The number of benzene rings is 1. The summed E-state index contributed by atoms with van der Waals surface area (Å²) >= 11 is 0. The molecule has 0 fully saturated rings. The van der Waals surface area contributed by atoms with E-state index >= 15 is 0 Å². The van der Waals surface area contributed by atoms with Crippen molar-refractivity contribution in [2.75, 3.05) is 13.2 Å². The summed E-state index contributed by atoms with van der Waals surface area (Å²) < 4.78 is 5.23. The van der Waals surface area contributed by atoms with Gasteiger partial charge in [-0.25, -0.2) is 0 Å². The van der Waals surface area contributed by atoms with Gasteiger partial charge in [-0.3, -0.25) is 4.79 Å². The smallest absolute Gasteiger partial charge is 0.310 e. The topological polar surface area (TPSA) is 46.5 Å². The van der Waals surface area contributed by atoms with Gasteiger partial charge in [-0.05, 0) is 32.3 Å². The fourth-order valence-corrected chi connectivity index (χ4v) is 1.77. The maximum absolute atomic E-state index is 11.2. The molecule has 3 heteroatoms. The highest BCUT2D eigenvalue weighted by Gasteiger charge is 2.18. The molecule has 0 aliphatic rings. The molecule has 0 bridgehead atoms. The second-order valence-electron chi connectivity index (χ2n) is 4.14. The number of aliphatic carboxylic acids is 1. The minimum absolute atomic E-state index is 0.420. The van der Waals surface area contributed by atoms with Crippen molar-refractivity contribution in [3.63, 3.8) is 0 Å². The third kappa shape index (κ3) is 4.57. The number of carboxylic acid groups (broad SMARTS) is 1. The van der Waals surface area contributed by atoms with Crippen molar-refractivity contribution in [2.24, 2.45) is 0 Å². The summed E-state index contributed by atoms with van der Waals surface area (Å²) in [5.41, 5.74) is 2.02. The van der Waals surface area contributed by atoms with E-state index in [-0.39, 0.29) is 0 Å². The van der Waals surface area contributed by atoms with Gasteiger partial charge in [-0.1, -0.05) is 29.8 Å². The lowest BCUT2D eigenvalue weighted by molar-refractivity contribution is -0.139. The van der Waals surface area contributed by atoms with Crippen LogP contribution in [-0.2, 0) is 9.53 Å². The lowest BCUT2D eigenvalue weighted by atomic mass is 9.94. The van der Waals surface area contributed by atoms with Crippen molar-refractivity contribution in [1.82, 2.24) is 0 Å². The standard InChI is InChI=1S/C14H20O3/c1-3-17-10-4-5-13(14(15)16)12-8-6-11(2)7-9-12/h6-9,13H,3-5,10H2,1-2H3,(H,15,16). The maximum Gasteiger partial charge on any atom is 0.310 e. The van der Waals surface area contributed by atoms with Crippen LogP contribution in [0.3, 0.4) is 0 Å².